The first kappa shape index (κ1) is 9.92. The van der Waals surface area contributed by atoms with Gasteiger partial charge in [0.05, 0.1) is 18.8 Å². The van der Waals surface area contributed by atoms with Crippen LogP contribution in [0.2, 0.25) is 0 Å². The van der Waals surface area contributed by atoms with Crippen LogP contribution in [0, 0.1) is 0 Å². The summed E-state index contributed by atoms with van der Waals surface area (Å²) in [6, 6.07) is 0. The van der Waals surface area contributed by atoms with Crippen molar-refractivity contribution in [1.82, 2.24) is 4.90 Å². The van der Waals surface area contributed by atoms with Gasteiger partial charge in [-0.15, -0.1) is 0 Å². The molecule has 1 heterocycles. The van der Waals surface area contributed by atoms with Gasteiger partial charge in [-0.05, 0) is 6.92 Å². The molecule has 4 nitrogen and oxygen atoms in total. The molecule has 1 aliphatic heterocycles. The molecule has 0 bridgehead atoms. The quantitative estimate of drug-likeness (QED) is 0.578. The van der Waals surface area contributed by atoms with Gasteiger partial charge >= 0.3 is 0 Å². The van der Waals surface area contributed by atoms with E-state index in [1.165, 1.54) is 0 Å². The standard InChI is InChI=1S/C8H18N2O2/c1-8(11,6-9)7-10-2-4-12-5-3-10/h11H,2-7,9H2,1H3. The van der Waals surface area contributed by atoms with Crippen LogP contribution in [0.4, 0.5) is 0 Å². The van der Waals surface area contributed by atoms with E-state index in [0.29, 0.717) is 13.1 Å². The van der Waals surface area contributed by atoms with Gasteiger partial charge in [-0.3, -0.25) is 4.90 Å². The lowest BCUT2D eigenvalue weighted by atomic mass is 10.1. The van der Waals surface area contributed by atoms with Crippen molar-refractivity contribution in [3.05, 3.63) is 0 Å². The van der Waals surface area contributed by atoms with Crippen LogP contribution < -0.4 is 5.73 Å². The minimum Gasteiger partial charge on any atom is -0.388 e. The van der Waals surface area contributed by atoms with Crippen LogP contribution in [0.15, 0.2) is 0 Å². The SMILES string of the molecule is CC(O)(CN)CN1CCOCC1. The Morgan fingerprint density at radius 2 is 2.08 bits per heavy atom. The minimum absolute atomic E-state index is 0.310. The van der Waals surface area contributed by atoms with Gasteiger partial charge < -0.3 is 15.6 Å². The summed E-state index contributed by atoms with van der Waals surface area (Å²) in [6.07, 6.45) is 0. The zero-order valence-corrected chi connectivity index (χ0v) is 7.62. The summed E-state index contributed by atoms with van der Waals surface area (Å²) < 4.78 is 5.19. The lowest BCUT2D eigenvalue weighted by molar-refractivity contribution is -0.0181. The van der Waals surface area contributed by atoms with Gasteiger partial charge in [0.1, 0.15) is 0 Å². The lowest BCUT2D eigenvalue weighted by Crippen LogP contribution is -2.49. The molecule has 1 aliphatic rings. The highest BCUT2D eigenvalue weighted by molar-refractivity contribution is 4.79. The number of hydrogen-bond acceptors (Lipinski definition) is 4. The normalized spacial score (nSPS) is 25.2. The average molecular weight is 174 g/mol. The van der Waals surface area contributed by atoms with E-state index in [4.69, 9.17) is 10.5 Å². The molecule has 0 aliphatic carbocycles. The Labute approximate surface area is 73.3 Å². The van der Waals surface area contributed by atoms with E-state index in [9.17, 15) is 5.11 Å². The summed E-state index contributed by atoms with van der Waals surface area (Å²) in [5, 5.41) is 9.67. The molecule has 0 spiro atoms. The highest BCUT2D eigenvalue weighted by atomic mass is 16.5. The van der Waals surface area contributed by atoms with E-state index in [1.54, 1.807) is 6.92 Å². The summed E-state index contributed by atoms with van der Waals surface area (Å²) in [7, 11) is 0. The second-order valence-electron chi connectivity index (χ2n) is 3.59. The number of nitrogens with two attached hydrogens (primary N) is 1. The lowest BCUT2D eigenvalue weighted by Gasteiger charge is -2.32. The van der Waals surface area contributed by atoms with Crippen molar-refractivity contribution in [2.75, 3.05) is 39.4 Å². The summed E-state index contributed by atoms with van der Waals surface area (Å²) >= 11 is 0. The Hall–Kier alpha value is -0.160. The van der Waals surface area contributed by atoms with Crippen molar-refractivity contribution in [1.29, 1.82) is 0 Å². The van der Waals surface area contributed by atoms with Gasteiger partial charge in [-0.2, -0.15) is 0 Å². The summed E-state index contributed by atoms with van der Waals surface area (Å²) in [5.41, 5.74) is 4.66. The van der Waals surface area contributed by atoms with Crippen molar-refractivity contribution < 1.29 is 9.84 Å². The van der Waals surface area contributed by atoms with Crippen molar-refractivity contribution in [3.63, 3.8) is 0 Å². The summed E-state index contributed by atoms with van der Waals surface area (Å²) in [4.78, 5) is 2.18. The van der Waals surface area contributed by atoms with Gasteiger partial charge in [0.15, 0.2) is 0 Å². The zero-order valence-electron chi connectivity index (χ0n) is 7.62. The predicted octanol–water partition coefficient (Wildman–Crippen LogP) is -0.972. The third-order valence-electron chi connectivity index (χ3n) is 2.11. The van der Waals surface area contributed by atoms with E-state index in [-0.39, 0.29) is 0 Å². The number of hydrogen-bond donors (Lipinski definition) is 2. The monoisotopic (exact) mass is 174 g/mol. The maximum Gasteiger partial charge on any atom is 0.0867 e. The first-order valence-corrected chi connectivity index (χ1v) is 4.36. The largest absolute Gasteiger partial charge is 0.388 e. The molecular formula is C8H18N2O2. The predicted molar refractivity (Wildman–Crippen MR) is 46.9 cm³/mol. The average Bonchev–Trinajstić information content (AvgIpc) is 2.06. The maximum atomic E-state index is 9.67. The van der Waals surface area contributed by atoms with Gasteiger partial charge in [0.25, 0.3) is 0 Å². The number of nitrogens with zero attached hydrogens (tertiary/aromatic N) is 1. The molecule has 1 unspecified atom stereocenters. The van der Waals surface area contributed by atoms with E-state index < -0.39 is 5.60 Å². The van der Waals surface area contributed by atoms with E-state index in [1.807, 2.05) is 0 Å². The van der Waals surface area contributed by atoms with Crippen LogP contribution in [0.1, 0.15) is 6.92 Å². The fraction of sp³-hybridized carbons (Fsp3) is 1.00. The molecule has 12 heavy (non-hydrogen) atoms. The second kappa shape index (κ2) is 4.18. The number of aliphatic hydroxyl groups is 1. The number of β-amino-alcohol motifs (C(OH)–C–C–N with tert-alkyl or cyclic N) is 1. The van der Waals surface area contributed by atoms with Crippen LogP contribution >= 0.6 is 0 Å². The van der Waals surface area contributed by atoms with Gasteiger partial charge in [0.2, 0.25) is 0 Å². The molecule has 0 aromatic carbocycles. The maximum absolute atomic E-state index is 9.67. The van der Waals surface area contributed by atoms with Gasteiger partial charge in [0, 0.05) is 26.2 Å². The highest BCUT2D eigenvalue weighted by Crippen LogP contribution is 2.06. The Morgan fingerprint density at radius 1 is 1.50 bits per heavy atom. The summed E-state index contributed by atoms with van der Waals surface area (Å²) in [6.45, 7) is 6.05. The van der Waals surface area contributed by atoms with Gasteiger partial charge in [-0.1, -0.05) is 0 Å². The first-order chi connectivity index (χ1) is 5.64. The first-order valence-electron chi connectivity index (χ1n) is 4.36. The van der Waals surface area contributed by atoms with Crippen LogP contribution in [0.25, 0.3) is 0 Å². The molecule has 3 N–H and O–H groups in total. The van der Waals surface area contributed by atoms with E-state index in [0.717, 1.165) is 26.3 Å². The summed E-state index contributed by atoms with van der Waals surface area (Å²) in [5.74, 6) is 0. The van der Waals surface area contributed by atoms with Gasteiger partial charge in [-0.25, -0.2) is 0 Å². The molecule has 0 aromatic rings. The van der Waals surface area contributed by atoms with E-state index in [2.05, 4.69) is 4.90 Å². The molecule has 1 fully saturated rings. The molecular weight excluding hydrogens is 156 g/mol. The Morgan fingerprint density at radius 3 is 2.58 bits per heavy atom. The van der Waals surface area contributed by atoms with Crippen molar-refractivity contribution in [3.8, 4) is 0 Å². The molecule has 1 saturated heterocycles. The highest BCUT2D eigenvalue weighted by Gasteiger charge is 2.23. The number of rotatable bonds is 3. The van der Waals surface area contributed by atoms with Crippen molar-refractivity contribution >= 4 is 0 Å². The second-order valence-corrected chi connectivity index (χ2v) is 3.59. The number of ether oxygens (including phenoxy) is 1. The Balaban J connectivity index is 2.28. The minimum atomic E-state index is -0.753. The van der Waals surface area contributed by atoms with Crippen LogP contribution in [-0.2, 0) is 4.74 Å². The van der Waals surface area contributed by atoms with Crippen molar-refractivity contribution in [2.45, 2.75) is 12.5 Å². The molecule has 1 atom stereocenters. The molecule has 0 amide bonds. The smallest absolute Gasteiger partial charge is 0.0867 e. The third-order valence-corrected chi connectivity index (χ3v) is 2.11. The molecule has 0 radical (unpaired) electrons. The molecule has 4 heteroatoms. The van der Waals surface area contributed by atoms with Crippen LogP contribution in [0.3, 0.4) is 0 Å². The Kier molecular flexibility index (Phi) is 3.46. The Bertz CT molecular complexity index is 133. The molecule has 1 rings (SSSR count). The van der Waals surface area contributed by atoms with E-state index >= 15 is 0 Å². The zero-order chi connectivity index (χ0) is 9.03. The third kappa shape index (κ3) is 3.06. The van der Waals surface area contributed by atoms with Crippen LogP contribution in [-0.4, -0.2) is 55.0 Å². The fourth-order valence-electron chi connectivity index (χ4n) is 1.31. The van der Waals surface area contributed by atoms with Crippen molar-refractivity contribution in [2.24, 2.45) is 5.73 Å². The molecule has 72 valence electrons. The topological polar surface area (TPSA) is 58.7 Å². The fourth-order valence-corrected chi connectivity index (χ4v) is 1.31. The number of morpholine rings is 1. The molecule has 0 aromatic heterocycles. The van der Waals surface area contributed by atoms with Crippen LogP contribution in [0.5, 0.6) is 0 Å². The molecule has 0 saturated carbocycles.